The lowest BCUT2D eigenvalue weighted by Crippen LogP contribution is -2.41. The number of thiazole rings is 1. The third-order valence-electron chi connectivity index (χ3n) is 6.34. The number of rotatable bonds is 4. The lowest BCUT2D eigenvalue weighted by molar-refractivity contribution is 0.0205. The number of amides is 1. The SMILES string of the molecule is Bc1cnc2c(c1)c(-c1csc(C3CCN(C(=O)OC(C)(C)C)CC3)n1)cn2S(=O)(=O)c1ccccc1. The minimum atomic E-state index is -3.83. The summed E-state index contributed by atoms with van der Waals surface area (Å²) < 4.78 is 33.7. The molecule has 1 fully saturated rings. The Kier molecular flexibility index (Phi) is 6.61. The second-order valence-electron chi connectivity index (χ2n) is 10.4. The second kappa shape index (κ2) is 9.61. The number of pyridine rings is 1. The Bertz CT molecular complexity index is 1550. The van der Waals surface area contributed by atoms with Gasteiger partial charge in [-0.15, -0.1) is 11.3 Å². The van der Waals surface area contributed by atoms with Crippen LogP contribution < -0.4 is 5.46 Å². The fourth-order valence-electron chi connectivity index (χ4n) is 4.51. The standard InChI is InChI=1S/C26H29BN4O4S2/c1-26(2,3)35-25(32)30-11-9-17(10-12-30)24-29-22(16-36-24)21-15-31(23-20(21)13-18(27)14-28-23)37(33,34)19-7-5-4-6-8-19/h4-8,13-17H,9-12,27H2,1-3H3. The van der Waals surface area contributed by atoms with E-state index in [1.165, 1.54) is 3.97 Å². The van der Waals surface area contributed by atoms with E-state index < -0.39 is 15.6 Å². The maximum Gasteiger partial charge on any atom is 0.410 e. The van der Waals surface area contributed by atoms with Crippen molar-refractivity contribution >= 4 is 51.8 Å². The van der Waals surface area contributed by atoms with Crippen LogP contribution >= 0.6 is 11.3 Å². The van der Waals surface area contributed by atoms with Crippen LogP contribution in [0.25, 0.3) is 22.3 Å². The minimum Gasteiger partial charge on any atom is -0.444 e. The molecule has 1 amide bonds. The Morgan fingerprint density at radius 1 is 1.16 bits per heavy atom. The lowest BCUT2D eigenvalue weighted by Gasteiger charge is -2.32. The highest BCUT2D eigenvalue weighted by Crippen LogP contribution is 2.36. The van der Waals surface area contributed by atoms with Gasteiger partial charge in [0.1, 0.15) is 13.4 Å². The molecule has 4 heterocycles. The van der Waals surface area contributed by atoms with Gasteiger partial charge >= 0.3 is 6.09 Å². The zero-order valence-corrected chi connectivity index (χ0v) is 23.0. The van der Waals surface area contributed by atoms with E-state index in [4.69, 9.17) is 9.72 Å². The summed E-state index contributed by atoms with van der Waals surface area (Å²) in [7, 11) is -1.89. The zero-order valence-electron chi connectivity index (χ0n) is 21.3. The summed E-state index contributed by atoms with van der Waals surface area (Å²) in [6.07, 6.45) is 4.63. The highest BCUT2D eigenvalue weighted by atomic mass is 32.2. The Morgan fingerprint density at radius 3 is 2.54 bits per heavy atom. The van der Waals surface area contributed by atoms with Crippen molar-refractivity contribution in [2.45, 2.75) is 50.0 Å². The summed E-state index contributed by atoms with van der Waals surface area (Å²) in [5.41, 5.74) is 2.27. The van der Waals surface area contributed by atoms with Crippen molar-refractivity contribution < 1.29 is 17.9 Å². The van der Waals surface area contributed by atoms with Crippen LogP contribution in [0.4, 0.5) is 4.79 Å². The Balaban J connectivity index is 1.43. The third kappa shape index (κ3) is 5.15. The van der Waals surface area contributed by atoms with Crippen molar-refractivity contribution in [1.29, 1.82) is 0 Å². The predicted octanol–water partition coefficient (Wildman–Crippen LogP) is 3.77. The van der Waals surface area contributed by atoms with Crippen molar-refractivity contribution in [1.82, 2.24) is 18.8 Å². The first-order valence-electron chi connectivity index (χ1n) is 12.2. The second-order valence-corrected chi connectivity index (χ2v) is 13.1. The highest BCUT2D eigenvalue weighted by Gasteiger charge is 2.29. The van der Waals surface area contributed by atoms with Crippen molar-refractivity contribution in [3.8, 4) is 11.3 Å². The maximum atomic E-state index is 13.5. The van der Waals surface area contributed by atoms with Gasteiger partial charge in [-0.1, -0.05) is 29.7 Å². The number of carbonyl (C=O) groups is 1. The first-order valence-corrected chi connectivity index (χ1v) is 14.6. The first kappa shape index (κ1) is 25.5. The number of likely N-dealkylation sites (tertiary alicyclic amines) is 1. The van der Waals surface area contributed by atoms with Gasteiger partial charge in [0.25, 0.3) is 10.0 Å². The summed E-state index contributed by atoms with van der Waals surface area (Å²) in [5, 5.41) is 3.72. The quantitative estimate of drug-likeness (QED) is 0.369. The van der Waals surface area contributed by atoms with Crippen LogP contribution in [0.1, 0.15) is 44.5 Å². The van der Waals surface area contributed by atoms with E-state index in [9.17, 15) is 13.2 Å². The van der Waals surface area contributed by atoms with Gasteiger partial charge in [-0.2, -0.15) is 0 Å². The molecule has 0 saturated carbocycles. The fourth-order valence-corrected chi connectivity index (χ4v) is 6.85. The topological polar surface area (TPSA) is 94.4 Å². The minimum absolute atomic E-state index is 0.205. The van der Waals surface area contributed by atoms with Crippen molar-refractivity contribution in [2.75, 3.05) is 13.1 Å². The van der Waals surface area contributed by atoms with E-state index in [0.29, 0.717) is 18.7 Å². The summed E-state index contributed by atoms with van der Waals surface area (Å²) in [6, 6.07) is 10.3. The van der Waals surface area contributed by atoms with E-state index in [2.05, 4.69) is 4.98 Å². The molecule has 4 aromatic rings. The van der Waals surface area contributed by atoms with Gasteiger partial charge in [0, 0.05) is 47.7 Å². The molecule has 0 aliphatic carbocycles. The molecule has 0 radical (unpaired) electrons. The number of benzene rings is 1. The van der Waals surface area contributed by atoms with E-state index in [1.54, 1.807) is 59.0 Å². The van der Waals surface area contributed by atoms with Gasteiger partial charge in [-0.05, 0) is 45.7 Å². The molecule has 1 aliphatic rings. The molecule has 0 N–H and O–H groups in total. The molecule has 0 unspecified atom stereocenters. The normalized spacial score (nSPS) is 15.3. The van der Waals surface area contributed by atoms with E-state index >= 15 is 0 Å². The van der Waals surface area contributed by atoms with Gasteiger partial charge < -0.3 is 9.64 Å². The van der Waals surface area contributed by atoms with Crippen molar-refractivity contribution in [3.05, 3.63) is 59.2 Å². The van der Waals surface area contributed by atoms with Gasteiger partial charge in [-0.3, -0.25) is 0 Å². The number of nitrogens with zero attached hydrogens (tertiary/aromatic N) is 4. The van der Waals surface area contributed by atoms with Crippen LogP contribution in [0.2, 0.25) is 0 Å². The molecule has 1 saturated heterocycles. The van der Waals surface area contributed by atoms with E-state index in [1.807, 2.05) is 40.1 Å². The Hall–Kier alpha value is -3.18. The smallest absolute Gasteiger partial charge is 0.410 e. The number of hydrogen-bond acceptors (Lipinski definition) is 7. The number of piperidine rings is 1. The lowest BCUT2D eigenvalue weighted by atomic mass is 9.97. The number of carbonyl (C=O) groups excluding carboxylic acids is 1. The highest BCUT2D eigenvalue weighted by molar-refractivity contribution is 7.90. The Morgan fingerprint density at radius 2 is 1.86 bits per heavy atom. The monoisotopic (exact) mass is 536 g/mol. The number of ether oxygens (including phenoxy) is 1. The molecule has 1 aromatic carbocycles. The van der Waals surface area contributed by atoms with Crippen LogP contribution in [0, 0.1) is 0 Å². The van der Waals surface area contributed by atoms with Crippen LogP contribution in [0.5, 0.6) is 0 Å². The molecule has 37 heavy (non-hydrogen) atoms. The van der Waals surface area contributed by atoms with Gasteiger partial charge in [0.2, 0.25) is 0 Å². The number of fused-ring (bicyclic) bond motifs is 1. The van der Waals surface area contributed by atoms with Crippen LogP contribution in [0.3, 0.4) is 0 Å². The van der Waals surface area contributed by atoms with Crippen molar-refractivity contribution in [3.63, 3.8) is 0 Å². The van der Waals surface area contributed by atoms with Crippen LogP contribution in [0.15, 0.2) is 59.1 Å². The molecular weight excluding hydrogens is 507 g/mol. The maximum absolute atomic E-state index is 13.5. The molecule has 0 atom stereocenters. The molecule has 1 aliphatic heterocycles. The Labute approximate surface area is 221 Å². The molecule has 8 nitrogen and oxygen atoms in total. The molecule has 0 spiro atoms. The van der Waals surface area contributed by atoms with E-state index in [0.717, 1.165) is 40.0 Å². The van der Waals surface area contributed by atoms with Gasteiger partial charge in [0.05, 0.1) is 15.6 Å². The predicted molar refractivity (Wildman–Crippen MR) is 148 cm³/mol. The number of aromatic nitrogens is 3. The van der Waals surface area contributed by atoms with E-state index in [-0.39, 0.29) is 16.9 Å². The average molecular weight is 536 g/mol. The summed E-state index contributed by atoms with van der Waals surface area (Å²) in [4.78, 5) is 23.8. The molecule has 5 rings (SSSR count). The molecule has 3 aromatic heterocycles. The zero-order chi connectivity index (χ0) is 26.4. The third-order valence-corrected chi connectivity index (χ3v) is 9.01. The van der Waals surface area contributed by atoms with Crippen LogP contribution in [-0.4, -0.2) is 59.9 Å². The molecule has 11 heteroatoms. The number of hydrogen-bond donors (Lipinski definition) is 0. The fraction of sp³-hybridized carbons (Fsp3) is 0.346. The van der Waals surface area contributed by atoms with Gasteiger partial charge in [-0.25, -0.2) is 27.2 Å². The van der Waals surface area contributed by atoms with Gasteiger partial charge in [0.15, 0.2) is 5.65 Å². The largest absolute Gasteiger partial charge is 0.444 e. The first-order chi connectivity index (χ1) is 17.5. The summed E-state index contributed by atoms with van der Waals surface area (Å²) in [6.45, 7) is 6.84. The molecule has 0 bridgehead atoms. The van der Waals surface area contributed by atoms with Crippen molar-refractivity contribution in [2.24, 2.45) is 0 Å². The summed E-state index contributed by atoms with van der Waals surface area (Å²) in [5.74, 6) is 0.235. The average Bonchev–Trinajstić information content (AvgIpc) is 3.49. The van der Waals surface area contributed by atoms with Crippen LogP contribution in [-0.2, 0) is 14.8 Å². The molecule has 192 valence electrons. The molecular formula is C26H29BN4O4S2. The summed E-state index contributed by atoms with van der Waals surface area (Å²) >= 11 is 1.57.